The molecular weight excluding hydrogens is 514 g/mol. The summed E-state index contributed by atoms with van der Waals surface area (Å²) in [6.07, 6.45) is 0. The second kappa shape index (κ2) is 8.82. The van der Waals surface area contributed by atoms with Crippen LogP contribution in [0.2, 0.25) is 20.1 Å². The smallest absolute Gasteiger partial charge is 0.263 e. The molecule has 30 heavy (non-hydrogen) atoms. The summed E-state index contributed by atoms with van der Waals surface area (Å²) < 4.78 is 55.7. The normalized spacial score (nSPS) is 11.9. The molecular formula is C18H12Cl4N2O4S2. The van der Waals surface area contributed by atoms with Gasteiger partial charge in [-0.15, -0.1) is 0 Å². The third kappa shape index (κ3) is 5.14. The van der Waals surface area contributed by atoms with Gasteiger partial charge in [-0.2, -0.15) is 0 Å². The average molecular weight is 526 g/mol. The fourth-order valence-corrected chi connectivity index (χ4v) is 6.15. The van der Waals surface area contributed by atoms with E-state index in [0.29, 0.717) is 0 Å². The van der Waals surface area contributed by atoms with E-state index in [0.717, 1.165) is 0 Å². The predicted molar refractivity (Wildman–Crippen MR) is 121 cm³/mol. The van der Waals surface area contributed by atoms with Crippen LogP contribution in [0, 0.1) is 0 Å². The van der Waals surface area contributed by atoms with Crippen LogP contribution in [0.4, 0.5) is 11.4 Å². The Balaban J connectivity index is 1.97. The lowest BCUT2D eigenvalue weighted by Gasteiger charge is -2.15. The number of benzene rings is 3. The number of hydrogen-bond acceptors (Lipinski definition) is 4. The maximum Gasteiger partial charge on any atom is 0.263 e. The zero-order valence-corrected chi connectivity index (χ0v) is 19.4. The van der Waals surface area contributed by atoms with Gasteiger partial charge < -0.3 is 0 Å². The highest BCUT2D eigenvalue weighted by Gasteiger charge is 2.23. The van der Waals surface area contributed by atoms with Crippen LogP contribution >= 0.6 is 46.4 Å². The summed E-state index contributed by atoms with van der Waals surface area (Å²) in [4.78, 5) is -0.432. The lowest BCUT2D eigenvalue weighted by Crippen LogP contribution is -2.18. The molecule has 0 bridgehead atoms. The second-order valence-electron chi connectivity index (χ2n) is 5.91. The molecule has 0 radical (unpaired) electrons. The number of para-hydroxylation sites is 2. The molecule has 0 aromatic heterocycles. The van der Waals surface area contributed by atoms with Crippen LogP contribution in [0.15, 0.2) is 70.5 Å². The molecule has 3 rings (SSSR count). The van der Waals surface area contributed by atoms with Crippen molar-refractivity contribution < 1.29 is 16.8 Å². The van der Waals surface area contributed by atoms with Gasteiger partial charge in [-0.05, 0) is 48.5 Å². The van der Waals surface area contributed by atoms with Gasteiger partial charge in [-0.25, -0.2) is 16.8 Å². The molecule has 0 saturated carbocycles. The van der Waals surface area contributed by atoms with Crippen LogP contribution < -0.4 is 9.44 Å². The van der Waals surface area contributed by atoms with E-state index in [9.17, 15) is 16.8 Å². The van der Waals surface area contributed by atoms with Crippen LogP contribution in [0.1, 0.15) is 0 Å². The zero-order valence-electron chi connectivity index (χ0n) is 14.7. The first-order valence-corrected chi connectivity index (χ1v) is 12.5. The Morgan fingerprint density at radius 2 is 0.933 bits per heavy atom. The lowest BCUT2D eigenvalue weighted by atomic mass is 10.3. The first-order chi connectivity index (χ1) is 14.0. The second-order valence-corrected chi connectivity index (χ2v) is 10.9. The fourth-order valence-electron chi connectivity index (χ4n) is 2.45. The minimum absolute atomic E-state index is 0.0165. The van der Waals surface area contributed by atoms with Crippen molar-refractivity contribution >= 4 is 77.8 Å². The van der Waals surface area contributed by atoms with Gasteiger partial charge >= 0.3 is 0 Å². The van der Waals surface area contributed by atoms with Crippen molar-refractivity contribution in [1.82, 2.24) is 0 Å². The quantitative estimate of drug-likeness (QED) is 0.419. The Hall–Kier alpha value is -1.68. The topological polar surface area (TPSA) is 92.3 Å². The zero-order chi connectivity index (χ0) is 22.1. The summed E-state index contributed by atoms with van der Waals surface area (Å²) in [6.45, 7) is 0. The third-order valence-corrected chi connectivity index (χ3v) is 7.95. The van der Waals surface area contributed by atoms with Gasteiger partial charge in [0.1, 0.15) is 9.79 Å². The maximum absolute atomic E-state index is 12.8. The monoisotopic (exact) mass is 524 g/mol. The molecule has 0 unspecified atom stereocenters. The van der Waals surface area contributed by atoms with E-state index < -0.39 is 20.0 Å². The number of anilines is 2. The van der Waals surface area contributed by atoms with Crippen LogP contribution in [0.5, 0.6) is 0 Å². The van der Waals surface area contributed by atoms with E-state index in [-0.39, 0.29) is 41.3 Å². The van der Waals surface area contributed by atoms with Gasteiger partial charge in [0.2, 0.25) is 0 Å². The lowest BCUT2D eigenvalue weighted by molar-refractivity contribution is 0.599. The average Bonchev–Trinajstić information content (AvgIpc) is 2.62. The van der Waals surface area contributed by atoms with Gasteiger partial charge in [-0.1, -0.05) is 58.5 Å². The van der Waals surface area contributed by atoms with Crippen LogP contribution in [0.25, 0.3) is 0 Å². The molecule has 158 valence electrons. The highest BCUT2D eigenvalue weighted by atomic mass is 35.5. The van der Waals surface area contributed by atoms with Gasteiger partial charge in [0.25, 0.3) is 20.0 Å². The third-order valence-electron chi connectivity index (χ3n) is 3.78. The summed E-state index contributed by atoms with van der Waals surface area (Å²) in [5.41, 5.74) is -0.0330. The van der Waals surface area contributed by atoms with Gasteiger partial charge in [0.05, 0.1) is 21.4 Å². The highest BCUT2D eigenvalue weighted by molar-refractivity contribution is 7.93. The van der Waals surface area contributed by atoms with Crippen molar-refractivity contribution in [2.45, 2.75) is 9.79 Å². The molecule has 0 fully saturated rings. The first-order valence-electron chi connectivity index (χ1n) is 8.04. The summed E-state index contributed by atoms with van der Waals surface area (Å²) >= 11 is 23.6. The molecule has 12 heteroatoms. The Labute approximate surface area is 193 Å². The van der Waals surface area contributed by atoms with E-state index in [2.05, 4.69) is 9.44 Å². The van der Waals surface area contributed by atoms with E-state index >= 15 is 0 Å². The molecule has 0 atom stereocenters. The number of rotatable bonds is 6. The van der Waals surface area contributed by atoms with Gasteiger partial charge in [-0.3, -0.25) is 9.44 Å². The molecule has 2 N–H and O–H groups in total. The Kier molecular flexibility index (Phi) is 6.76. The van der Waals surface area contributed by atoms with Gasteiger partial charge in [0.15, 0.2) is 0 Å². The Bertz CT molecular complexity index is 1230. The molecule has 0 aliphatic carbocycles. The van der Waals surface area contributed by atoms with Crippen molar-refractivity contribution in [3.8, 4) is 0 Å². The molecule has 3 aromatic carbocycles. The SMILES string of the molecule is O=S(=O)(Nc1ccccc1NS(=O)(=O)c1ccc(Cl)cc1Cl)c1ccc(Cl)cc1Cl. The summed E-state index contributed by atoms with van der Waals surface area (Å²) in [6, 6.07) is 13.7. The molecule has 0 spiro atoms. The Morgan fingerprint density at radius 1 is 0.567 bits per heavy atom. The minimum Gasteiger partial charge on any atom is -0.277 e. The van der Waals surface area contributed by atoms with E-state index in [4.69, 9.17) is 46.4 Å². The van der Waals surface area contributed by atoms with Crippen LogP contribution in [-0.2, 0) is 20.0 Å². The summed E-state index contributed by atoms with van der Waals surface area (Å²) in [5.74, 6) is 0. The van der Waals surface area contributed by atoms with E-state index in [1.165, 1.54) is 60.7 Å². The number of sulfonamides is 2. The molecule has 0 aliphatic rings. The van der Waals surface area contributed by atoms with Crippen molar-refractivity contribution in [3.63, 3.8) is 0 Å². The number of halogens is 4. The minimum atomic E-state index is -4.14. The fraction of sp³-hybridized carbons (Fsp3) is 0. The molecule has 0 saturated heterocycles. The first kappa shape index (κ1) is 23.0. The van der Waals surface area contributed by atoms with Crippen molar-refractivity contribution in [2.24, 2.45) is 0 Å². The largest absolute Gasteiger partial charge is 0.277 e. The molecule has 6 nitrogen and oxygen atoms in total. The van der Waals surface area contributed by atoms with E-state index in [1.54, 1.807) is 0 Å². The number of nitrogens with one attached hydrogen (secondary N) is 2. The van der Waals surface area contributed by atoms with Crippen molar-refractivity contribution in [1.29, 1.82) is 0 Å². The summed E-state index contributed by atoms with van der Waals surface area (Å²) in [7, 11) is -8.27. The highest BCUT2D eigenvalue weighted by Crippen LogP contribution is 2.32. The Morgan fingerprint density at radius 3 is 1.27 bits per heavy atom. The predicted octanol–water partition coefficient (Wildman–Crippen LogP) is 5.90. The number of hydrogen-bond donors (Lipinski definition) is 2. The standard InChI is InChI=1S/C18H12Cl4N2O4S2/c19-11-5-7-17(13(21)9-11)29(25,26)23-15-3-1-2-4-16(15)24-30(27,28)18-8-6-12(20)10-14(18)22/h1-10,23-24H. The molecule has 3 aromatic rings. The maximum atomic E-state index is 12.8. The van der Waals surface area contributed by atoms with Gasteiger partial charge in [0, 0.05) is 10.0 Å². The summed E-state index contributed by atoms with van der Waals surface area (Å²) in [5, 5.41) is 0.376. The van der Waals surface area contributed by atoms with Crippen molar-refractivity contribution in [2.75, 3.05) is 9.44 Å². The van der Waals surface area contributed by atoms with Crippen LogP contribution in [0.3, 0.4) is 0 Å². The van der Waals surface area contributed by atoms with Crippen molar-refractivity contribution in [3.05, 3.63) is 80.8 Å². The molecule has 0 aliphatic heterocycles. The molecule has 0 heterocycles. The molecule has 0 amide bonds. The van der Waals surface area contributed by atoms with Crippen LogP contribution in [-0.4, -0.2) is 16.8 Å². The van der Waals surface area contributed by atoms with E-state index in [1.807, 2.05) is 0 Å².